The maximum atomic E-state index is 9.65. The minimum Gasteiger partial charge on any atom is -0.508 e. The number of aliphatic hydroxyl groups is 1. The van der Waals surface area contributed by atoms with Crippen molar-refractivity contribution in [3.8, 4) is 5.75 Å². The SMILES string of the molecule is CCNC(=NCC(CO)c1ccccc1)NCCCc1ccc(O)cc1.I. The second kappa shape index (κ2) is 13.4. The first-order valence-corrected chi connectivity index (χ1v) is 9.18. The molecular formula is C21H30IN3O2. The number of hydrogen-bond acceptors (Lipinski definition) is 3. The van der Waals surface area contributed by atoms with Gasteiger partial charge >= 0.3 is 0 Å². The zero-order valence-corrected chi connectivity index (χ0v) is 18.1. The van der Waals surface area contributed by atoms with E-state index < -0.39 is 0 Å². The summed E-state index contributed by atoms with van der Waals surface area (Å²) in [6.07, 6.45) is 1.91. The van der Waals surface area contributed by atoms with Crippen LogP contribution in [0.25, 0.3) is 0 Å². The first kappa shape index (κ1) is 23.2. The third kappa shape index (κ3) is 8.62. The highest BCUT2D eigenvalue weighted by Crippen LogP contribution is 2.15. The van der Waals surface area contributed by atoms with E-state index in [2.05, 4.69) is 15.6 Å². The van der Waals surface area contributed by atoms with Crippen molar-refractivity contribution in [2.24, 2.45) is 4.99 Å². The molecule has 0 radical (unpaired) electrons. The van der Waals surface area contributed by atoms with Crippen molar-refractivity contribution >= 4 is 29.9 Å². The molecule has 0 aliphatic heterocycles. The monoisotopic (exact) mass is 483 g/mol. The predicted octanol–water partition coefficient (Wildman–Crippen LogP) is 3.27. The molecule has 1 atom stereocenters. The van der Waals surface area contributed by atoms with Crippen LogP contribution in [0.3, 0.4) is 0 Å². The Balaban J connectivity index is 0.00000364. The van der Waals surface area contributed by atoms with E-state index in [1.807, 2.05) is 49.4 Å². The predicted molar refractivity (Wildman–Crippen MR) is 122 cm³/mol. The van der Waals surface area contributed by atoms with Crippen molar-refractivity contribution in [2.75, 3.05) is 26.2 Å². The van der Waals surface area contributed by atoms with Gasteiger partial charge in [0.05, 0.1) is 13.2 Å². The molecule has 6 heteroatoms. The number of aryl methyl sites for hydroxylation is 1. The molecule has 0 saturated carbocycles. The summed E-state index contributed by atoms with van der Waals surface area (Å²) in [5.41, 5.74) is 2.30. The van der Waals surface area contributed by atoms with Gasteiger partial charge < -0.3 is 20.8 Å². The Bertz CT molecular complexity index is 663. The smallest absolute Gasteiger partial charge is 0.191 e. The van der Waals surface area contributed by atoms with Crippen molar-refractivity contribution < 1.29 is 10.2 Å². The first-order valence-electron chi connectivity index (χ1n) is 9.18. The molecule has 0 aliphatic rings. The molecule has 0 aromatic heterocycles. The van der Waals surface area contributed by atoms with Crippen molar-refractivity contribution in [3.63, 3.8) is 0 Å². The molecule has 2 rings (SSSR count). The summed E-state index contributed by atoms with van der Waals surface area (Å²) in [5, 5.41) is 25.6. The van der Waals surface area contributed by atoms with E-state index in [1.54, 1.807) is 12.1 Å². The van der Waals surface area contributed by atoms with Gasteiger partial charge in [-0.3, -0.25) is 4.99 Å². The van der Waals surface area contributed by atoms with E-state index in [1.165, 1.54) is 5.56 Å². The molecule has 0 heterocycles. The maximum absolute atomic E-state index is 9.65. The lowest BCUT2D eigenvalue weighted by molar-refractivity contribution is 0.268. The van der Waals surface area contributed by atoms with Gasteiger partial charge in [-0.1, -0.05) is 42.5 Å². The lowest BCUT2D eigenvalue weighted by Crippen LogP contribution is -2.38. The molecule has 2 aromatic rings. The average molecular weight is 483 g/mol. The molecule has 0 amide bonds. The fourth-order valence-electron chi connectivity index (χ4n) is 2.70. The Labute approximate surface area is 179 Å². The number of rotatable bonds is 9. The quantitative estimate of drug-likeness (QED) is 0.191. The zero-order chi connectivity index (χ0) is 18.6. The third-order valence-electron chi connectivity index (χ3n) is 4.18. The number of halogens is 1. The summed E-state index contributed by atoms with van der Waals surface area (Å²) in [6, 6.07) is 17.3. The van der Waals surface area contributed by atoms with Crippen LogP contribution in [0.4, 0.5) is 0 Å². The summed E-state index contributed by atoms with van der Waals surface area (Å²) in [4.78, 5) is 4.62. The Morgan fingerprint density at radius 3 is 2.37 bits per heavy atom. The largest absolute Gasteiger partial charge is 0.508 e. The number of benzene rings is 2. The molecule has 5 nitrogen and oxygen atoms in total. The minimum absolute atomic E-state index is 0. The van der Waals surface area contributed by atoms with Crippen LogP contribution in [-0.4, -0.2) is 42.4 Å². The number of phenolic OH excluding ortho intramolecular Hbond substituents is 1. The van der Waals surface area contributed by atoms with Gasteiger partial charge in [0.15, 0.2) is 5.96 Å². The average Bonchev–Trinajstić information content (AvgIpc) is 2.67. The fraction of sp³-hybridized carbons (Fsp3) is 0.381. The highest BCUT2D eigenvalue weighted by atomic mass is 127. The molecule has 4 N–H and O–H groups in total. The van der Waals surface area contributed by atoms with Crippen LogP contribution >= 0.6 is 24.0 Å². The number of nitrogens with zero attached hydrogens (tertiary/aromatic N) is 1. The summed E-state index contributed by atoms with van der Waals surface area (Å²) >= 11 is 0. The van der Waals surface area contributed by atoms with Crippen molar-refractivity contribution in [1.82, 2.24) is 10.6 Å². The van der Waals surface area contributed by atoms with Crippen LogP contribution < -0.4 is 10.6 Å². The zero-order valence-electron chi connectivity index (χ0n) is 15.8. The number of nitrogens with one attached hydrogen (secondary N) is 2. The van der Waals surface area contributed by atoms with E-state index in [4.69, 9.17) is 0 Å². The molecule has 0 saturated heterocycles. The van der Waals surface area contributed by atoms with Crippen molar-refractivity contribution in [3.05, 3.63) is 65.7 Å². The van der Waals surface area contributed by atoms with Gasteiger partial charge in [-0.05, 0) is 43.0 Å². The molecule has 0 aliphatic carbocycles. The molecule has 1 unspecified atom stereocenters. The highest BCUT2D eigenvalue weighted by Gasteiger charge is 2.09. The molecule has 148 valence electrons. The van der Waals surface area contributed by atoms with Crippen molar-refractivity contribution in [2.45, 2.75) is 25.7 Å². The summed E-state index contributed by atoms with van der Waals surface area (Å²) in [5.74, 6) is 1.07. The normalized spacial score (nSPS) is 12.1. The van der Waals surface area contributed by atoms with Gasteiger partial charge in [0.2, 0.25) is 0 Å². The van der Waals surface area contributed by atoms with Crippen LogP contribution in [0.15, 0.2) is 59.6 Å². The van der Waals surface area contributed by atoms with E-state index in [-0.39, 0.29) is 36.5 Å². The molecule has 2 aromatic carbocycles. The standard InChI is InChI=1S/C21H29N3O2.HI/c1-2-22-21(23-14-6-7-17-10-12-20(26)13-11-17)24-15-19(16-25)18-8-4-3-5-9-18;/h3-5,8-13,19,25-26H,2,6-7,14-16H2,1H3,(H2,22,23,24);1H. The van der Waals surface area contributed by atoms with Crippen LogP contribution in [-0.2, 0) is 6.42 Å². The van der Waals surface area contributed by atoms with E-state index in [0.29, 0.717) is 12.3 Å². The molecule has 0 fully saturated rings. The third-order valence-corrected chi connectivity index (χ3v) is 4.18. The van der Waals surface area contributed by atoms with Gasteiger partial charge in [-0.15, -0.1) is 24.0 Å². The van der Waals surface area contributed by atoms with E-state index >= 15 is 0 Å². The minimum atomic E-state index is 0. The number of phenols is 1. The summed E-state index contributed by atoms with van der Waals surface area (Å²) in [7, 11) is 0. The molecule has 0 spiro atoms. The highest BCUT2D eigenvalue weighted by molar-refractivity contribution is 14.0. The van der Waals surface area contributed by atoms with E-state index in [9.17, 15) is 10.2 Å². The molecular weight excluding hydrogens is 453 g/mol. The molecule has 27 heavy (non-hydrogen) atoms. The second-order valence-corrected chi connectivity index (χ2v) is 6.21. The number of hydrogen-bond donors (Lipinski definition) is 4. The Morgan fingerprint density at radius 1 is 1.04 bits per heavy atom. The van der Waals surface area contributed by atoms with Crippen LogP contribution in [0.1, 0.15) is 30.4 Å². The Hall–Kier alpha value is -1.80. The number of guanidine groups is 1. The fourth-order valence-corrected chi connectivity index (χ4v) is 2.70. The second-order valence-electron chi connectivity index (χ2n) is 6.21. The lowest BCUT2D eigenvalue weighted by Gasteiger charge is -2.15. The van der Waals surface area contributed by atoms with Crippen molar-refractivity contribution in [1.29, 1.82) is 0 Å². The van der Waals surface area contributed by atoms with Gasteiger partial charge in [0, 0.05) is 19.0 Å². The van der Waals surface area contributed by atoms with Gasteiger partial charge in [0.25, 0.3) is 0 Å². The number of aromatic hydroxyl groups is 1. The number of aliphatic imine (C=N–C) groups is 1. The van der Waals surface area contributed by atoms with Gasteiger partial charge in [-0.2, -0.15) is 0 Å². The van der Waals surface area contributed by atoms with Crippen LogP contribution in [0, 0.1) is 0 Å². The summed E-state index contributed by atoms with van der Waals surface area (Å²) in [6.45, 7) is 4.25. The number of aliphatic hydroxyl groups excluding tert-OH is 1. The van der Waals surface area contributed by atoms with Crippen LogP contribution in [0.2, 0.25) is 0 Å². The maximum Gasteiger partial charge on any atom is 0.191 e. The van der Waals surface area contributed by atoms with Gasteiger partial charge in [-0.25, -0.2) is 0 Å². The van der Waals surface area contributed by atoms with Gasteiger partial charge in [0.1, 0.15) is 5.75 Å². The molecule has 0 bridgehead atoms. The van der Waals surface area contributed by atoms with E-state index in [0.717, 1.165) is 37.5 Å². The summed E-state index contributed by atoms with van der Waals surface area (Å²) < 4.78 is 0. The Kier molecular flexibility index (Phi) is 11.5. The lowest BCUT2D eigenvalue weighted by atomic mass is 10.0. The van der Waals surface area contributed by atoms with Crippen LogP contribution in [0.5, 0.6) is 5.75 Å². The Morgan fingerprint density at radius 2 is 1.74 bits per heavy atom. The topological polar surface area (TPSA) is 76.9 Å². The first-order chi connectivity index (χ1) is 12.7.